The number of rotatable bonds is 4. The maximum absolute atomic E-state index is 14.1. The third kappa shape index (κ3) is 3.84. The molecule has 0 spiro atoms. The minimum absolute atomic E-state index is 0.0142. The molecule has 0 aromatic heterocycles. The molecule has 4 rings (SSSR count). The summed E-state index contributed by atoms with van der Waals surface area (Å²) in [6, 6.07) is 11.7. The number of ketones is 1. The van der Waals surface area contributed by atoms with E-state index in [1.807, 2.05) is 0 Å². The zero-order chi connectivity index (χ0) is 22.1. The first-order valence-corrected chi connectivity index (χ1v) is 9.91. The van der Waals surface area contributed by atoms with Crippen molar-refractivity contribution in [3.05, 3.63) is 92.6 Å². The predicted octanol–water partition coefficient (Wildman–Crippen LogP) is 4.34. The number of nitro benzene ring substituents is 1. The molecule has 1 amide bonds. The van der Waals surface area contributed by atoms with E-state index in [1.54, 1.807) is 19.1 Å². The molecule has 2 N–H and O–H groups in total. The molecule has 1 atom stereocenters. The summed E-state index contributed by atoms with van der Waals surface area (Å²) in [4.78, 5) is 36.9. The second-order valence-electron chi connectivity index (χ2n) is 7.55. The summed E-state index contributed by atoms with van der Waals surface area (Å²) in [7, 11) is 0. The fourth-order valence-corrected chi connectivity index (χ4v) is 4.19. The second-order valence-corrected chi connectivity index (χ2v) is 7.55. The summed E-state index contributed by atoms with van der Waals surface area (Å²) in [6.07, 6.45) is 1.68. The number of amides is 1. The van der Waals surface area contributed by atoms with Crippen molar-refractivity contribution in [1.82, 2.24) is 5.32 Å². The van der Waals surface area contributed by atoms with E-state index in [2.05, 4.69) is 10.6 Å². The number of hydrogen-bond donors (Lipinski definition) is 2. The number of anilines is 1. The van der Waals surface area contributed by atoms with Crippen LogP contribution in [0.25, 0.3) is 0 Å². The van der Waals surface area contributed by atoms with E-state index in [-0.39, 0.29) is 22.7 Å². The molecule has 0 radical (unpaired) electrons. The van der Waals surface area contributed by atoms with Crippen LogP contribution in [-0.4, -0.2) is 16.6 Å². The molecule has 1 aliphatic carbocycles. The SMILES string of the molecule is CC1=C(C(=O)Nc2ccccc2F)[C@H](c2cccc([N+](=O)[O-])c2)C2=C(CCCC2=O)N1. The Labute approximate surface area is 177 Å². The summed E-state index contributed by atoms with van der Waals surface area (Å²) < 4.78 is 14.1. The average Bonchev–Trinajstić information content (AvgIpc) is 2.74. The summed E-state index contributed by atoms with van der Waals surface area (Å²) in [6.45, 7) is 1.71. The molecule has 0 fully saturated rings. The molecular weight excluding hydrogens is 401 g/mol. The first-order valence-electron chi connectivity index (χ1n) is 9.91. The Bertz CT molecular complexity index is 1170. The molecule has 0 unspecified atom stereocenters. The van der Waals surface area contributed by atoms with Crippen LogP contribution in [0, 0.1) is 15.9 Å². The van der Waals surface area contributed by atoms with E-state index in [9.17, 15) is 24.1 Å². The van der Waals surface area contributed by atoms with E-state index in [0.717, 1.165) is 5.70 Å². The van der Waals surface area contributed by atoms with Crippen LogP contribution in [0.2, 0.25) is 0 Å². The Morgan fingerprint density at radius 2 is 1.97 bits per heavy atom. The highest BCUT2D eigenvalue weighted by Crippen LogP contribution is 2.43. The predicted molar refractivity (Wildman–Crippen MR) is 113 cm³/mol. The van der Waals surface area contributed by atoms with Crippen LogP contribution in [0.5, 0.6) is 0 Å². The number of allylic oxidation sites excluding steroid dienone is 3. The van der Waals surface area contributed by atoms with Gasteiger partial charge in [0.05, 0.1) is 10.6 Å². The smallest absolute Gasteiger partial charge is 0.269 e. The van der Waals surface area contributed by atoms with Gasteiger partial charge in [-0.3, -0.25) is 19.7 Å². The van der Waals surface area contributed by atoms with Gasteiger partial charge in [-0.2, -0.15) is 0 Å². The van der Waals surface area contributed by atoms with Crippen LogP contribution < -0.4 is 10.6 Å². The number of Topliss-reactive ketones (excluding diaryl/α,β-unsaturated/α-hetero) is 1. The lowest BCUT2D eigenvalue weighted by Gasteiger charge is -2.34. The first kappa shape index (κ1) is 20.5. The standard InChI is InChI=1S/C23H20FN3O4/c1-13-20(23(29)26-17-9-3-2-8-16(17)24)21(14-6-4-7-15(12-14)27(30)31)22-18(25-13)10-5-11-19(22)28/h2-4,6-9,12,21,25H,5,10-11H2,1H3,(H,26,29)/t21-/m0/s1. The van der Waals surface area contributed by atoms with Crippen molar-refractivity contribution in [3.8, 4) is 0 Å². The Morgan fingerprint density at radius 3 is 2.71 bits per heavy atom. The highest BCUT2D eigenvalue weighted by atomic mass is 19.1. The van der Waals surface area contributed by atoms with Crippen molar-refractivity contribution < 1.29 is 18.9 Å². The van der Waals surface area contributed by atoms with Crippen LogP contribution in [0.1, 0.15) is 37.7 Å². The van der Waals surface area contributed by atoms with Gasteiger partial charge in [0.25, 0.3) is 11.6 Å². The summed E-state index contributed by atoms with van der Waals surface area (Å²) in [5, 5.41) is 17.1. The molecule has 2 aromatic rings. The maximum Gasteiger partial charge on any atom is 0.269 e. The molecule has 0 saturated carbocycles. The zero-order valence-corrected chi connectivity index (χ0v) is 16.8. The minimum Gasteiger partial charge on any atom is -0.362 e. The lowest BCUT2D eigenvalue weighted by atomic mass is 9.75. The van der Waals surface area contributed by atoms with Crippen LogP contribution in [0.15, 0.2) is 71.1 Å². The highest BCUT2D eigenvalue weighted by molar-refractivity contribution is 6.09. The minimum atomic E-state index is -0.782. The molecule has 2 aliphatic rings. The number of carbonyl (C=O) groups excluding carboxylic acids is 2. The van der Waals surface area contributed by atoms with Gasteiger partial charge in [-0.05, 0) is 37.5 Å². The number of nitrogens with zero attached hydrogens (tertiary/aromatic N) is 1. The van der Waals surface area contributed by atoms with Gasteiger partial charge < -0.3 is 10.6 Å². The van der Waals surface area contributed by atoms with E-state index in [1.165, 1.54) is 36.4 Å². The third-order valence-corrected chi connectivity index (χ3v) is 5.56. The number of dihydropyridines is 1. The number of benzene rings is 2. The summed E-state index contributed by atoms with van der Waals surface area (Å²) >= 11 is 0. The van der Waals surface area contributed by atoms with Crippen molar-refractivity contribution >= 4 is 23.1 Å². The van der Waals surface area contributed by atoms with Gasteiger partial charge in [0.15, 0.2) is 5.78 Å². The van der Waals surface area contributed by atoms with E-state index in [4.69, 9.17) is 0 Å². The van der Waals surface area contributed by atoms with E-state index >= 15 is 0 Å². The van der Waals surface area contributed by atoms with Crippen molar-refractivity contribution in [2.45, 2.75) is 32.1 Å². The molecule has 8 heteroatoms. The molecular formula is C23H20FN3O4. The van der Waals surface area contributed by atoms with Crippen LogP contribution in [0.4, 0.5) is 15.8 Å². The van der Waals surface area contributed by atoms with Crippen molar-refractivity contribution in [2.75, 3.05) is 5.32 Å². The number of nitro groups is 1. The fourth-order valence-electron chi connectivity index (χ4n) is 4.19. The molecule has 0 bridgehead atoms. The Balaban J connectivity index is 1.83. The molecule has 158 valence electrons. The summed E-state index contributed by atoms with van der Waals surface area (Å²) in [5.41, 5.74) is 2.28. The van der Waals surface area contributed by atoms with Crippen LogP contribution >= 0.6 is 0 Å². The van der Waals surface area contributed by atoms with Crippen molar-refractivity contribution in [2.24, 2.45) is 0 Å². The number of non-ortho nitro benzene ring substituents is 1. The van der Waals surface area contributed by atoms with Gasteiger partial charge in [-0.1, -0.05) is 24.3 Å². The van der Waals surface area contributed by atoms with Gasteiger partial charge >= 0.3 is 0 Å². The topological polar surface area (TPSA) is 101 Å². The van der Waals surface area contributed by atoms with Crippen molar-refractivity contribution in [1.29, 1.82) is 0 Å². The molecule has 1 aliphatic heterocycles. The van der Waals surface area contributed by atoms with Gasteiger partial charge in [0.2, 0.25) is 0 Å². The summed E-state index contributed by atoms with van der Waals surface area (Å²) in [5.74, 6) is -2.04. The molecule has 1 heterocycles. The lowest BCUT2D eigenvalue weighted by molar-refractivity contribution is -0.384. The van der Waals surface area contributed by atoms with Gasteiger partial charge in [-0.25, -0.2) is 4.39 Å². The number of nitrogens with one attached hydrogen (secondary N) is 2. The number of halogens is 1. The number of carbonyl (C=O) groups is 2. The maximum atomic E-state index is 14.1. The number of para-hydroxylation sites is 1. The third-order valence-electron chi connectivity index (χ3n) is 5.56. The average molecular weight is 421 g/mol. The molecule has 0 saturated heterocycles. The quantitative estimate of drug-likeness (QED) is 0.565. The van der Waals surface area contributed by atoms with E-state index < -0.39 is 22.6 Å². The van der Waals surface area contributed by atoms with Crippen LogP contribution in [-0.2, 0) is 9.59 Å². The highest BCUT2D eigenvalue weighted by Gasteiger charge is 2.39. The van der Waals surface area contributed by atoms with Crippen LogP contribution in [0.3, 0.4) is 0 Å². The molecule has 2 aromatic carbocycles. The Hall–Kier alpha value is -3.81. The van der Waals surface area contributed by atoms with Gasteiger partial charge in [-0.15, -0.1) is 0 Å². The first-order chi connectivity index (χ1) is 14.9. The second kappa shape index (κ2) is 8.14. The van der Waals surface area contributed by atoms with Gasteiger partial charge in [0.1, 0.15) is 5.82 Å². The Morgan fingerprint density at radius 1 is 1.19 bits per heavy atom. The largest absolute Gasteiger partial charge is 0.362 e. The lowest BCUT2D eigenvalue weighted by Crippen LogP contribution is -2.35. The Kier molecular flexibility index (Phi) is 5.37. The van der Waals surface area contributed by atoms with Crippen molar-refractivity contribution in [3.63, 3.8) is 0 Å². The van der Waals surface area contributed by atoms with E-state index in [0.29, 0.717) is 36.1 Å². The fraction of sp³-hybridized carbons (Fsp3) is 0.217. The van der Waals surface area contributed by atoms with Gasteiger partial charge in [0, 0.05) is 47.0 Å². The zero-order valence-electron chi connectivity index (χ0n) is 16.8. The molecule has 7 nitrogen and oxygen atoms in total. The number of hydrogen-bond acceptors (Lipinski definition) is 5. The monoisotopic (exact) mass is 421 g/mol. The normalized spacial score (nSPS) is 18.4. The molecule has 31 heavy (non-hydrogen) atoms.